The van der Waals surface area contributed by atoms with E-state index >= 15 is 0 Å². The zero-order valence-corrected chi connectivity index (χ0v) is 13.3. The van der Waals surface area contributed by atoms with Gasteiger partial charge in [-0.15, -0.1) is 0 Å². The van der Waals surface area contributed by atoms with Crippen molar-refractivity contribution in [3.05, 3.63) is 46.1 Å². The largest absolute Gasteiger partial charge is 0.460 e. The molecule has 6 heteroatoms. The second kappa shape index (κ2) is 7.27. The molecule has 0 fully saturated rings. The minimum atomic E-state index is -0.773. The van der Waals surface area contributed by atoms with E-state index in [0.717, 1.165) is 17.1 Å². The fourth-order valence-electron chi connectivity index (χ4n) is 1.70. The maximum atomic E-state index is 10.9. The highest BCUT2D eigenvalue weighted by atomic mass is 35.5. The topological polar surface area (TPSA) is 42.2 Å². The molecule has 0 saturated heterocycles. The number of halogens is 2. The van der Waals surface area contributed by atoms with E-state index in [0.29, 0.717) is 28.9 Å². The Morgan fingerprint density at radius 3 is 2.70 bits per heavy atom. The quantitative estimate of drug-likeness (QED) is 0.820. The first-order valence-electron chi connectivity index (χ1n) is 6.11. The number of hydrogen-bond donors (Lipinski definition) is 1. The fraction of sp³-hybridized carbons (Fsp3) is 0.286. The van der Waals surface area contributed by atoms with E-state index in [1.165, 1.54) is 0 Å². The van der Waals surface area contributed by atoms with Crippen molar-refractivity contribution in [3.63, 3.8) is 0 Å². The molecule has 1 atom stereocenters. The van der Waals surface area contributed by atoms with Crippen molar-refractivity contribution in [3.8, 4) is 11.3 Å². The van der Waals surface area contributed by atoms with Gasteiger partial charge < -0.3 is 9.73 Å². The van der Waals surface area contributed by atoms with Gasteiger partial charge in [-0.05, 0) is 30.3 Å². The maximum absolute atomic E-state index is 10.9. The van der Waals surface area contributed by atoms with Crippen LogP contribution in [0.2, 0.25) is 10.0 Å². The predicted molar refractivity (Wildman–Crippen MR) is 84.8 cm³/mol. The van der Waals surface area contributed by atoms with Gasteiger partial charge in [0.05, 0.1) is 16.6 Å². The second-order valence-electron chi connectivity index (χ2n) is 4.35. The van der Waals surface area contributed by atoms with Crippen LogP contribution >= 0.6 is 23.2 Å². The van der Waals surface area contributed by atoms with Gasteiger partial charge in [0.25, 0.3) is 0 Å². The lowest BCUT2D eigenvalue weighted by atomic mass is 10.2. The summed E-state index contributed by atoms with van der Waals surface area (Å²) in [6.07, 6.45) is 1.69. The molecule has 0 spiro atoms. The van der Waals surface area contributed by atoms with Crippen LogP contribution in [0.4, 0.5) is 0 Å². The molecule has 1 N–H and O–H groups in total. The first-order chi connectivity index (χ1) is 9.56. The minimum Gasteiger partial charge on any atom is -0.460 e. The van der Waals surface area contributed by atoms with E-state index in [1.807, 2.05) is 18.2 Å². The van der Waals surface area contributed by atoms with Crippen molar-refractivity contribution >= 4 is 34.0 Å². The third-order valence-electron chi connectivity index (χ3n) is 2.73. The van der Waals surface area contributed by atoms with E-state index < -0.39 is 10.8 Å². The summed E-state index contributed by atoms with van der Waals surface area (Å²) in [5, 5.41) is 4.21. The molecule has 108 valence electrons. The first kappa shape index (κ1) is 15.6. The Hall–Kier alpha value is -0.810. The number of rotatable bonds is 6. The number of furan rings is 1. The lowest BCUT2D eigenvalue weighted by Crippen LogP contribution is -2.19. The fourth-order valence-corrected chi connectivity index (χ4v) is 2.43. The van der Waals surface area contributed by atoms with Gasteiger partial charge in [0.15, 0.2) is 0 Å². The Kier molecular flexibility index (Phi) is 5.66. The van der Waals surface area contributed by atoms with Crippen LogP contribution in [0.25, 0.3) is 11.3 Å². The summed E-state index contributed by atoms with van der Waals surface area (Å²) in [6, 6.07) is 9.20. The highest BCUT2D eigenvalue weighted by Crippen LogP contribution is 2.29. The van der Waals surface area contributed by atoms with Crippen LogP contribution in [0.1, 0.15) is 5.76 Å². The average Bonchev–Trinajstić information content (AvgIpc) is 2.86. The van der Waals surface area contributed by atoms with Gasteiger partial charge in [-0.2, -0.15) is 0 Å². The van der Waals surface area contributed by atoms with Gasteiger partial charge in [-0.1, -0.05) is 23.2 Å². The number of benzene rings is 1. The van der Waals surface area contributed by atoms with E-state index in [4.69, 9.17) is 27.6 Å². The Morgan fingerprint density at radius 2 is 2.00 bits per heavy atom. The summed E-state index contributed by atoms with van der Waals surface area (Å²) < 4.78 is 16.7. The third kappa shape index (κ3) is 4.35. The summed E-state index contributed by atoms with van der Waals surface area (Å²) >= 11 is 11.9. The van der Waals surface area contributed by atoms with Crippen LogP contribution in [0.5, 0.6) is 0 Å². The van der Waals surface area contributed by atoms with Gasteiger partial charge >= 0.3 is 0 Å². The van der Waals surface area contributed by atoms with Gasteiger partial charge in [-0.25, -0.2) is 0 Å². The molecular formula is C14H15Cl2NO2S. The Labute approximate surface area is 130 Å². The Morgan fingerprint density at radius 1 is 1.20 bits per heavy atom. The van der Waals surface area contributed by atoms with Crippen LogP contribution in [-0.4, -0.2) is 22.8 Å². The van der Waals surface area contributed by atoms with Gasteiger partial charge in [-0.3, -0.25) is 4.21 Å². The molecule has 1 aromatic heterocycles. The highest BCUT2D eigenvalue weighted by molar-refractivity contribution is 7.84. The highest BCUT2D eigenvalue weighted by Gasteiger charge is 2.07. The van der Waals surface area contributed by atoms with Crippen LogP contribution in [0.3, 0.4) is 0 Å². The molecule has 20 heavy (non-hydrogen) atoms. The number of nitrogens with one attached hydrogen (secondary N) is 1. The van der Waals surface area contributed by atoms with E-state index in [2.05, 4.69) is 5.32 Å². The van der Waals surface area contributed by atoms with Gasteiger partial charge in [0.2, 0.25) is 0 Å². The lowest BCUT2D eigenvalue weighted by Gasteiger charge is -2.02. The predicted octanol–water partition coefficient (Wildman–Crippen LogP) is 3.72. The summed E-state index contributed by atoms with van der Waals surface area (Å²) in [5.41, 5.74) is 0.889. The summed E-state index contributed by atoms with van der Waals surface area (Å²) in [7, 11) is -0.773. The van der Waals surface area contributed by atoms with Crippen molar-refractivity contribution in [1.82, 2.24) is 5.32 Å². The molecule has 0 unspecified atom stereocenters. The van der Waals surface area contributed by atoms with Crippen molar-refractivity contribution < 1.29 is 8.63 Å². The number of hydrogen-bond acceptors (Lipinski definition) is 3. The Bertz CT molecular complexity index is 613. The molecule has 2 aromatic rings. The molecule has 0 aliphatic rings. The normalized spacial score (nSPS) is 12.6. The zero-order valence-electron chi connectivity index (χ0n) is 11.0. The van der Waals surface area contributed by atoms with Gasteiger partial charge in [0.1, 0.15) is 11.5 Å². The van der Waals surface area contributed by atoms with Crippen molar-refractivity contribution in [2.75, 3.05) is 18.6 Å². The summed E-state index contributed by atoms with van der Waals surface area (Å²) in [6.45, 7) is 1.31. The lowest BCUT2D eigenvalue weighted by molar-refractivity contribution is 0.499. The molecule has 1 heterocycles. The zero-order chi connectivity index (χ0) is 14.5. The molecule has 0 radical (unpaired) electrons. The standard InChI is InChI=1S/C14H15Cl2NO2S/c1-20(18)7-6-17-9-11-3-5-14(19-11)10-2-4-12(15)13(16)8-10/h2-5,8,17H,6-7,9H2,1H3/t20-/m1/s1. The molecule has 0 saturated carbocycles. The third-order valence-corrected chi connectivity index (χ3v) is 4.25. The van der Waals surface area contributed by atoms with Crippen LogP contribution in [0.15, 0.2) is 34.7 Å². The molecule has 3 nitrogen and oxygen atoms in total. The van der Waals surface area contributed by atoms with Crippen LogP contribution in [0, 0.1) is 0 Å². The average molecular weight is 332 g/mol. The monoisotopic (exact) mass is 331 g/mol. The smallest absolute Gasteiger partial charge is 0.134 e. The minimum absolute atomic E-state index is 0.505. The molecule has 0 bridgehead atoms. The van der Waals surface area contributed by atoms with Gasteiger partial charge in [0, 0.05) is 34.9 Å². The SMILES string of the molecule is C[S@@](=O)CCNCc1ccc(-c2ccc(Cl)c(Cl)c2)o1. The van der Waals surface area contributed by atoms with E-state index in [-0.39, 0.29) is 0 Å². The van der Waals surface area contributed by atoms with Crippen LogP contribution in [-0.2, 0) is 17.3 Å². The molecule has 1 aromatic carbocycles. The van der Waals surface area contributed by atoms with Crippen LogP contribution < -0.4 is 5.32 Å². The molecule has 2 rings (SSSR count). The summed E-state index contributed by atoms with van der Waals surface area (Å²) in [4.78, 5) is 0. The Balaban J connectivity index is 1.97. The molecule has 0 amide bonds. The van der Waals surface area contributed by atoms with Crippen molar-refractivity contribution in [2.24, 2.45) is 0 Å². The molecular weight excluding hydrogens is 317 g/mol. The van der Waals surface area contributed by atoms with E-state index in [1.54, 1.807) is 18.4 Å². The summed E-state index contributed by atoms with van der Waals surface area (Å²) in [5.74, 6) is 2.22. The van der Waals surface area contributed by atoms with Crippen molar-refractivity contribution in [2.45, 2.75) is 6.54 Å². The van der Waals surface area contributed by atoms with Crippen molar-refractivity contribution in [1.29, 1.82) is 0 Å². The molecule has 0 aliphatic heterocycles. The molecule has 0 aliphatic carbocycles. The first-order valence-corrected chi connectivity index (χ1v) is 8.59. The van der Waals surface area contributed by atoms with E-state index in [9.17, 15) is 4.21 Å². The maximum Gasteiger partial charge on any atom is 0.134 e. The second-order valence-corrected chi connectivity index (χ2v) is 6.72.